The van der Waals surface area contributed by atoms with Crippen LogP contribution in [-0.2, 0) is 11.2 Å². The third kappa shape index (κ3) is 6.18. The van der Waals surface area contributed by atoms with Crippen LogP contribution in [0.3, 0.4) is 0 Å². The quantitative estimate of drug-likeness (QED) is 0.668. The lowest BCUT2D eigenvalue weighted by molar-refractivity contribution is -0.139. The summed E-state index contributed by atoms with van der Waals surface area (Å²) in [4.78, 5) is 10.9. The molecular formula is C13H19ClFNO4. The molecule has 0 aliphatic rings. The second-order valence-corrected chi connectivity index (χ2v) is 4.15. The van der Waals surface area contributed by atoms with Crippen LogP contribution in [0.1, 0.15) is 5.56 Å². The predicted molar refractivity (Wildman–Crippen MR) is 75.4 cm³/mol. The first-order valence-corrected chi connectivity index (χ1v) is 5.92. The maximum Gasteiger partial charge on any atom is 0.321 e. The Kier molecular flexibility index (Phi) is 8.87. The van der Waals surface area contributed by atoms with Crippen LogP contribution in [-0.4, -0.2) is 48.7 Å². The largest absolute Gasteiger partial charge is 0.491 e. The van der Waals surface area contributed by atoms with E-state index in [1.165, 1.54) is 0 Å². The zero-order valence-electron chi connectivity index (χ0n) is 11.1. The molecule has 0 radical (unpaired) electrons. The van der Waals surface area contributed by atoms with Gasteiger partial charge < -0.3 is 20.3 Å². The average Bonchev–Trinajstić information content (AvgIpc) is 2.42. The van der Waals surface area contributed by atoms with Crippen molar-refractivity contribution in [3.63, 3.8) is 0 Å². The molecule has 0 amide bonds. The number of carbonyl (C=O) groups is 1. The van der Waals surface area contributed by atoms with E-state index in [9.17, 15) is 9.18 Å². The molecule has 20 heavy (non-hydrogen) atoms. The third-order valence-electron chi connectivity index (χ3n) is 2.63. The van der Waals surface area contributed by atoms with Crippen molar-refractivity contribution >= 4 is 18.4 Å². The van der Waals surface area contributed by atoms with E-state index in [1.54, 1.807) is 31.3 Å². The number of hydrogen-bond acceptors (Lipinski definition) is 4. The number of benzene rings is 1. The van der Waals surface area contributed by atoms with Crippen LogP contribution in [0, 0.1) is 0 Å². The van der Waals surface area contributed by atoms with Crippen molar-refractivity contribution < 1.29 is 24.1 Å². The highest BCUT2D eigenvalue weighted by Gasteiger charge is 2.15. The Labute approximate surface area is 123 Å². The number of halogens is 2. The fraction of sp³-hybridized carbons (Fsp3) is 0.462. The van der Waals surface area contributed by atoms with E-state index in [-0.39, 0.29) is 19.0 Å². The van der Waals surface area contributed by atoms with Crippen molar-refractivity contribution in [1.82, 2.24) is 5.32 Å². The van der Waals surface area contributed by atoms with E-state index in [2.05, 4.69) is 5.32 Å². The molecular weight excluding hydrogens is 289 g/mol. The second kappa shape index (κ2) is 9.52. The standard InChI is InChI=1S/C13H18FNO4.ClH/c1-15-12(13(17)18)6-9-2-4-11(5-3-9)19-8-10(16)7-14;/h2-5,10,12,15-16H,6-8H2,1H3,(H,17,18);1H/t10?,12-;/m0./s1. The van der Waals surface area contributed by atoms with E-state index < -0.39 is 24.8 Å². The molecule has 1 rings (SSSR count). The topological polar surface area (TPSA) is 78.8 Å². The van der Waals surface area contributed by atoms with Gasteiger partial charge in [-0.05, 0) is 31.2 Å². The average molecular weight is 308 g/mol. The summed E-state index contributed by atoms with van der Waals surface area (Å²) in [5.74, 6) is -0.401. The normalized spacial score (nSPS) is 13.2. The minimum Gasteiger partial charge on any atom is -0.491 e. The summed E-state index contributed by atoms with van der Waals surface area (Å²) in [6, 6.07) is 6.17. The highest BCUT2D eigenvalue weighted by Crippen LogP contribution is 2.14. The van der Waals surface area contributed by atoms with E-state index >= 15 is 0 Å². The van der Waals surface area contributed by atoms with Crippen molar-refractivity contribution in [2.75, 3.05) is 20.3 Å². The van der Waals surface area contributed by atoms with E-state index in [0.717, 1.165) is 5.56 Å². The van der Waals surface area contributed by atoms with Gasteiger partial charge in [-0.25, -0.2) is 4.39 Å². The van der Waals surface area contributed by atoms with Crippen molar-refractivity contribution in [3.8, 4) is 5.75 Å². The first-order chi connectivity index (χ1) is 9.06. The van der Waals surface area contributed by atoms with Gasteiger partial charge in [-0.15, -0.1) is 12.4 Å². The van der Waals surface area contributed by atoms with Crippen LogP contribution in [0.2, 0.25) is 0 Å². The Morgan fingerprint density at radius 1 is 1.40 bits per heavy atom. The van der Waals surface area contributed by atoms with Crippen LogP contribution >= 0.6 is 12.4 Å². The summed E-state index contributed by atoms with van der Waals surface area (Å²) in [7, 11) is 1.59. The molecule has 1 unspecified atom stereocenters. The molecule has 0 spiro atoms. The number of hydrogen-bond donors (Lipinski definition) is 3. The molecule has 0 saturated carbocycles. The lowest BCUT2D eigenvalue weighted by Crippen LogP contribution is -2.35. The summed E-state index contributed by atoms with van der Waals surface area (Å²) < 4.78 is 17.2. The molecule has 0 aliphatic carbocycles. The predicted octanol–water partition coefficient (Wildman–Crippen LogP) is 1.03. The number of carboxylic acid groups (broad SMARTS) is 1. The lowest BCUT2D eigenvalue weighted by atomic mass is 10.1. The fourth-order valence-corrected chi connectivity index (χ4v) is 1.51. The Morgan fingerprint density at radius 3 is 2.45 bits per heavy atom. The van der Waals surface area contributed by atoms with Crippen LogP contribution in [0.25, 0.3) is 0 Å². The summed E-state index contributed by atoms with van der Waals surface area (Å²) in [6.07, 6.45) is -0.764. The molecule has 0 heterocycles. The van der Waals surface area contributed by atoms with E-state index in [0.29, 0.717) is 12.2 Å². The summed E-state index contributed by atoms with van der Waals surface area (Å²) in [6.45, 7) is -0.954. The van der Waals surface area contributed by atoms with Gasteiger partial charge in [-0.1, -0.05) is 12.1 Å². The molecule has 2 atom stereocenters. The van der Waals surface area contributed by atoms with Gasteiger partial charge in [0.15, 0.2) is 0 Å². The maximum absolute atomic E-state index is 12.0. The highest BCUT2D eigenvalue weighted by molar-refractivity contribution is 5.85. The Balaban J connectivity index is 0.00000361. The van der Waals surface area contributed by atoms with E-state index in [4.69, 9.17) is 14.9 Å². The molecule has 0 aliphatic heterocycles. The minimum atomic E-state index is -1.12. The zero-order chi connectivity index (χ0) is 14.3. The third-order valence-corrected chi connectivity index (χ3v) is 2.63. The van der Waals surface area contributed by atoms with Gasteiger partial charge in [0.1, 0.15) is 31.2 Å². The molecule has 0 bridgehead atoms. The molecule has 3 N–H and O–H groups in total. The number of likely N-dealkylation sites (N-methyl/N-ethyl adjacent to an activating group) is 1. The zero-order valence-corrected chi connectivity index (χ0v) is 11.9. The number of rotatable bonds is 8. The van der Waals surface area contributed by atoms with Crippen molar-refractivity contribution in [2.45, 2.75) is 18.6 Å². The molecule has 7 heteroatoms. The van der Waals surface area contributed by atoms with Crippen molar-refractivity contribution in [2.24, 2.45) is 0 Å². The number of ether oxygens (including phenoxy) is 1. The molecule has 0 saturated heterocycles. The van der Waals surface area contributed by atoms with Crippen molar-refractivity contribution in [3.05, 3.63) is 29.8 Å². The van der Waals surface area contributed by atoms with E-state index in [1.807, 2.05) is 0 Å². The van der Waals surface area contributed by atoms with Gasteiger partial charge in [-0.2, -0.15) is 0 Å². The van der Waals surface area contributed by atoms with Crippen LogP contribution in [0.15, 0.2) is 24.3 Å². The van der Waals surface area contributed by atoms with Gasteiger partial charge in [-0.3, -0.25) is 4.79 Å². The summed E-state index contributed by atoms with van der Waals surface area (Å²) >= 11 is 0. The molecule has 1 aromatic rings. The SMILES string of the molecule is CN[C@@H](Cc1ccc(OCC(O)CF)cc1)C(=O)O.Cl. The first kappa shape index (κ1) is 18.6. The van der Waals surface area contributed by atoms with Crippen LogP contribution in [0.5, 0.6) is 5.75 Å². The molecule has 114 valence electrons. The number of alkyl halides is 1. The number of nitrogens with one attached hydrogen (secondary N) is 1. The molecule has 0 aromatic heterocycles. The Bertz CT molecular complexity index is 402. The second-order valence-electron chi connectivity index (χ2n) is 4.15. The number of aliphatic hydroxyl groups is 1. The van der Waals surface area contributed by atoms with Crippen LogP contribution < -0.4 is 10.1 Å². The lowest BCUT2D eigenvalue weighted by Gasteiger charge is -2.12. The molecule has 5 nitrogen and oxygen atoms in total. The van der Waals surface area contributed by atoms with Gasteiger partial charge in [0, 0.05) is 0 Å². The maximum atomic E-state index is 12.0. The van der Waals surface area contributed by atoms with Gasteiger partial charge in [0.05, 0.1) is 0 Å². The summed E-state index contributed by atoms with van der Waals surface area (Å²) in [5, 5.41) is 20.6. The summed E-state index contributed by atoms with van der Waals surface area (Å²) in [5.41, 5.74) is 0.847. The monoisotopic (exact) mass is 307 g/mol. The number of aliphatic carboxylic acids is 1. The Hall–Kier alpha value is -1.37. The number of aliphatic hydroxyl groups excluding tert-OH is 1. The molecule has 0 fully saturated rings. The number of carboxylic acids is 1. The Morgan fingerprint density at radius 2 is 2.00 bits per heavy atom. The minimum absolute atomic E-state index is 0. The van der Waals surface area contributed by atoms with Gasteiger partial charge in [0.2, 0.25) is 0 Å². The fourth-order valence-electron chi connectivity index (χ4n) is 1.51. The highest BCUT2D eigenvalue weighted by atomic mass is 35.5. The first-order valence-electron chi connectivity index (χ1n) is 5.92. The van der Waals surface area contributed by atoms with Crippen LogP contribution in [0.4, 0.5) is 4.39 Å². The smallest absolute Gasteiger partial charge is 0.321 e. The van der Waals surface area contributed by atoms with Crippen molar-refractivity contribution in [1.29, 1.82) is 0 Å². The molecule has 1 aromatic carbocycles. The van der Waals surface area contributed by atoms with Gasteiger partial charge in [0.25, 0.3) is 0 Å². The van der Waals surface area contributed by atoms with Gasteiger partial charge >= 0.3 is 5.97 Å².